The molecule has 9 N–H and O–H groups in total. The summed E-state index contributed by atoms with van der Waals surface area (Å²) < 4.78 is 0. The number of nitrogens with zero attached hydrogens (tertiary/aromatic N) is 1. The van der Waals surface area contributed by atoms with Crippen LogP contribution in [0.5, 0.6) is 0 Å². The van der Waals surface area contributed by atoms with E-state index in [4.69, 9.17) is 22.2 Å². The number of aromatic amines is 1. The maximum Gasteiger partial charge on any atom is 0.243 e. The highest BCUT2D eigenvalue weighted by molar-refractivity contribution is 5.91. The quantitative estimate of drug-likeness (QED) is 0.0668. The number of carbonyl (C=O) groups is 2. The predicted octanol–water partition coefficient (Wildman–Crippen LogP) is 2.91. The number of hydrogen-bond donors (Lipinski definition) is 6. The summed E-state index contributed by atoms with van der Waals surface area (Å²) >= 11 is 0. The average molecular weight is 586 g/mol. The lowest BCUT2D eigenvalue weighted by molar-refractivity contribution is -0.141. The first-order valence-corrected chi connectivity index (χ1v) is 14.7. The van der Waals surface area contributed by atoms with Crippen molar-refractivity contribution < 1.29 is 14.4 Å². The summed E-state index contributed by atoms with van der Waals surface area (Å²) in [6.45, 7) is 1.29. The molecule has 0 radical (unpaired) electrons. The van der Waals surface area contributed by atoms with E-state index in [0.29, 0.717) is 32.5 Å². The van der Waals surface area contributed by atoms with E-state index in [9.17, 15) is 9.59 Å². The highest BCUT2D eigenvalue weighted by atomic mass is 16.6. The maximum absolute atomic E-state index is 14.0. The van der Waals surface area contributed by atoms with E-state index in [0.717, 1.165) is 51.6 Å². The number of fused-ring (bicyclic) bond motifs is 1. The summed E-state index contributed by atoms with van der Waals surface area (Å²) in [5.74, 6) is 4.78. The monoisotopic (exact) mass is 585 g/mol. The Bertz CT molecular complexity index is 1490. The van der Waals surface area contributed by atoms with E-state index in [1.165, 1.54) is 4.90 Å². The van der Waals surface area contributed by atoms with Crippen LogP contribution in [-0.2, 0) is 33.9 Å². The molecule has 0 fully saturated rings. The zero-order valence-corrected chi connectivity index (χ0v) is 24.7. The first-order chi connectivity index (χ1) is 21.0. The Labute approximate surface area is 252 Å². The molecule has 10 nitrogen and oxygen atoms in total. The molecule has 228 valence electrons. The van der Waals surface area contributed by atoms with E-state index in [-0.39, 0.29) is 18.5 Å². The van der Waals surface area contributed by atoms with Gasteiger partial charge < -0.3 is 26.7 Å². The van der Waals surface area contributed by atoms with E-state index in [1.54, 1.807) is 7.05 Å². The van der Waals surface area contributed by atoms with Crippen LogP contribution < -0.4 is 28.0 Å². The van der Waals surface area contributed by atoms with Crippen LogP contribution in [0.4, 0.5) is 0 Å². The number of H-pyrrole nitrogens is 1. The Balaban J connectivity index is 1.59. The molecule has 0 aliphatic heterocycles. The number of aromatic nitrogens is 1. The normalized spacial score (nSPS) is 12.7. The van der Waals surface area contributed by atoms with Gasteiger partial charge in [0, 0.05) is 43.7 Å². The molecule has 0 aliphatic carbocycles. The molecule has 10 heteroatoms. The number of benzene rings is 3. The molecule has 0 saturated heterocycles. The highest BCUT2D eigenvalue weighted by Crippen LogP contribution is 2.25. The largest absolute Gasteiger partial charge is 0.361 e. The van der Waals surface area contributed by atoms with Crippen molar-refractivity contribution in [3.05, 3.63) is 95.7 Å². The Kier molecular flexibility index (Phi) is 11.8. The van der Waals surface area contributed by atoms with Gasteiger partial charge in [-0.2, -0.15) is 0 Å². The van der Waals surface area contributed by atoms with Crippen molar-refractivity contribution in [1.29, 1.82) is 0 Å². The van der Waals surface area contributed by atoms with Gasteiger partial charge in [-0.1, -0.05) is 67.1 Å². The lowest BCUT2D eigenvalue weighted by atomic mass is 9.97. The van der Waals surface area contributed by atoms with Crippen molar-refractivity contribution in [2.45, 2.75) is 50.9 Å². The van der Waals surface area contributed by atoms with E-state index < -0.39 is 12.1 Å². The Hall–Kier alpha value is -4.06. The molecule has 0 unspecified atom stereocenters. The second-order valence-electron chi connectivity index (χ2n) is 10.7. The number of unbranched alkanes of at least 4 members (excludes halogenated alkanes) is 1. The minimum atomic E-state index is -0.767. The summed E-state index contributed by atoms with van der Waals surface area (Å²) in [6.07, 6.45) is 4.31. The van der Waals surface area contributed by atoms with Gasteiger partial charge in [0.2, 0.25) is 11.8 Å². The fourth-order valence-corrected chi connectivity index (χ4v) is 5.39. The number of amides is 2. The minimum absolute atomic E-state index is 0.00826. The molecule has 0 spiro atoms. The van der Waals surface area contributed by atoms with Crippen molar-refractivity contribution >= 4 is 22.7 Å². The van der Waals surface area contributed by atoms with Crippen molar-refractivity contribution in [2.75, 3.05) is 20.3 Å². The molecular formula is C33H43N7O3. The number of likely N-dealkylation sites (N-methyl/N-ethyl adjacent to an activating group) is 1. The number of carbonyl (C=O) groups excluding carboxylic acids is 2. The van der Waals surface area contributed by atoms with Gasteiger partial charge >= 0.3 is 0 Å². The highest BCUT2D eigenvalue weighted by Gasteiger charge is 2.32. The van der Waals surface area contributed by atoms with Gasteiger partial charge in [0.25, 0.3) is 0 Å². The van der Waals surface area contributed by atoms with Crippen LogP contribution in [0.15, 0.2) is 79.0 Å². The summed E-state index contributed by atoms with van der Waals surface area (Å²) in [5, 5.41) is 7.19. The first kappa shape index (κ1) is 31.9. The van der Waals surface area contributed by atoms with Crippen molar-refractivity contribution in [3.8, 4) is 11.1 Å². The predicted molar refractivity (Wildman–Crippen MR) is 170 cm³/mol. The molecule has 2 amide bonds. The van der Waals surface area contributed by atoms with Crippen LogP contribution in [0, 0.1) is 0 Å². The fraction of sp³-hybridized carbons (Fsp3) is 0.333. The molecule has 0 saturated carbocycles. The molecule has 2 atom stereocenters. The lowest BCUT2D eigenvalue weighted by Gasteiger charge is -2.31. The summed E-state index contributed by atoms with van der Waals surface area (Å²) in [6, 6.07) is 22.6. The van der Waals surface area contributed by atoms with Crippen molar-refractivity contribution in [2.24, 2.45) is 17.4 Å². The molecule has 1 aromatic heterocycles. The summed E-state index contributed by atoms with van der Waals surface area (Å²) in [4.78, 5) is 37.3. The van der Waals surface area contributed by atoms with Crippen molar-refractivity contribution in [1.82, 2.24) is 20.5 Å². The van der Waals surface area contributed by atoms with Gasteiger partial charge in [0.15, 0.2) is 0 Å². The van der Waals surface area contributed by atoms with Gasteiger partial charge in [-0.15, -0.1) is 0 Å². The fourth-order valence-electron chi connectivity index (χ4n) is 5.39. The van der Waals surface area contributed by atoms with Gasteiger partial charge in [0.1, 0.15) is 12.8 Å². The van der Waals surface area contributed by atoms with Crippen LogP contribution in [0.1, 0.15) is 36.0 Å². The van der Waals surface area contributed by atoms with Crippen LogP contribution >= 0.6 is 0 Å². The Morgan fingerprint density at radius 1 is 0.977 bits per heavy atom. The molecule has 4 rings (SSSR count). The average Bonchev–Trinajstić information content (AvgIpc) is 3.46. The van der Waals surface area contributed by atoms with Crippen molar-refractivity contribution in [3.63, 3.8) is 0 Å². The number of para-hydroxylation sites is 1. The zero-order chi connectivity index (χ0) is 30.6. The smallest absolute Gasteiger partial charge is 0.243 e. The molecule has 3 aromatic carbocycles. The van der Waals surface area contributed by atoms with E-state index in [2.05, 4.69) is 21.7 Å². The molecule has 0 bridgehead atoms. The number of nitrogens with two attached hydrogens (primary N) is 3. The van der Waals surface area contributed by atoms with Gasteiger partial charge in [-0.3, -0.25) is 19.7 Å². The minimum Gasteiger partial charge on any atom is -0.361 e. The van der Waals surface area contributed by atoms with Crippen LogP contribution in [0.25, 0.3) is 22.0 Å². The number of rotatable bonds is 16. The molecular weight excluding hydrogens is 542 g/mol. The zero-order valence-electron chi connectivity index (χ0n) is 24.7. The summed E-state index contributed by atoms with van der Waals surface area (Å²) in [5.41, 5.74) is 17.5. The molecule has 43 heavy (non-hydrogen) atoms. The first-order valence-electron chi connectivity index (χ1n) is 14.7. The van der Waals surface area contributed by atoms with Crippen LogP contribution in [0.2, 0.25) is 0 Å². The third-order valence-corrected chi connectivity index (χ3v) is 7.81. The lowest BCUT2D eigenvalue weighted by Crippen LogP contribution is -2.54. The van der Waals surface area contributed by atoms with E-state index >= 15 is 0 Å². The third kappa shape index (κ3) is 8.28. The second-order valence-corrected chi connectivity index (χ2v) is 10.7. The Morgan fingerprint density at radius 3 is 2.56 bits per heavy atom. The molecule has 0 aliphatic rings. The molecule has 4 aromatic rings. The number of hydrogen-bond acceptors (Lipinski definition) is 7. The standard InChI is InChI=1S/C33H43N7O3/c1-40(33(42)30(39-22-43-36)15-6-7-16-34)31(18-26-21-37-29-14-5-4-13-28(26)29)32(41)38-20-25-10-2-3-12-27(25)24-11-8-9-23(17-24)19-35/h2-5,8-14,17,21,30-31,37,39H,6-7,15-16,18-20,22,34-36H2,1H3,(H,38,41)/t30-,31-/m0/s1. The number of nitrogens with one attached hydrogen (secondary N) is 3. The SMILES string of the molecule is CN(C(=O)[C@H](CCCCN)NCON)[C@@H](Cc1c[nH]c2ccccc12)C(=O)NCc1ccccc1-c1cccc(CN)c1. The third-order valence-electron chi connectivity index (χ3n) is 7.81. The van der Waals surface area contributed by atoms with Gasteiger partial charge in [-0.25, -0.2) is 5.90 Å². The van der Waals surface area contributed by atoms with Crippen LogP contribution in [-0.4, -0.2) is 54.1 Å². The molecule has 1 heterocycles. The van der Waals surface area contributed by atoms with E-state index in [1.807, 2.05) is 72.9 Å². The van der Waals surface area contributed by atoms with Crippen LogP contribution in [0.3, 0.4) is 0 Å². The van der Waals surface area contributed by atoms with Gasteiger partial charge in [-0.05, 0) is 59.3 Å². The van der Waals surface area contributed by atoms with Gasteiger partial charge in [0.05, 0.1) is 6.04 Å². The second kappa shape index (κ2) is 16.0. The Morgan fingerprint density at radius 2 is 1.77 bits per heavy atom. The summed E-state index contributed by atoms with van der Waals surface area (Å²) in [7, 11) is 1.68. The topological polar surface area (TPSA) is 165 Å². The maximum atomic E-state index is 14.0.